The predicted molar refractivity (Wildman–Crippen MR) is 126 cm³/mol. The maximum atomic E-state index is 13.1. The van der Waals surface area contributed by atoms with E-state index in [1.165, 1.54) is 10.4 Å². The molecule has 0 amide bonds. The number of furan rings is 1. The number of rotatable bonds is 7. The van der Waals surface area contributed by atoms with E-state index < -0.39 is 14.9 Å². The molecule has 10 heteroatoms. The molecule has 1 saturated heterocycles. The van der Waals surface area contributed by atoms with Crippen molar-refractivity contribution < 1.29 is 17.8 Å². The summed E-state index contributed by atoms with van der Waals surface area (Å²) in [5, 5.41) is 14.5. The standard InChI is InChI=1S/C23H26N4O5S/c1-17-5-7-21(14-18(17)2)33(30,31)26-11-9-25(10-12-26)19-6-8-23(27(28)29)22(15-19)24-16-20-4-3-13-32-20/h3-8,13-15,24H,9-12,16H2,1-2H3. The molecule has 0 unspecified atom stereocenters. The van der Waals surface area contributed by atoms with Crippen molar-refractivity contribution in [2.24, 2.45) is 0 Å². The molecule has 1 fully saturated rings. The molecule has 1 aliphatic rings. The number of nitrogens with zero attached hydrogens (tertiary/aromatic N) is 3. The van der Waals surface area contributed by atoms with E-state index in [1.807, 2.05) is 24.8 Å². The Balaban J connectivity index is 1.48. The van der Waals surface area contributed by atoms with Crippen LogP contribution in [0.25, 0.3) is 0 Å². The molecule has 9 nitrogen and oxygen atoms in total. The van der Waals surface area contributed by atoms with Crippen molar-refractivity contribution in [3.8, 4) is 0 Å². The number of aryl methyl sites for hydroxylation is 2. The van der Waals surface area contributed by atoms with Gasteiger partial charge in [-0.25, -0.2) is 8.42 Å². The third-order valence-electron chi connectivity index (χ3n) is 5.93. The van der Waals surface area contributed by atoms with Gasteiger partial charge in [0.05, 0.1) is 22.6 Å². The molecular weight excluding hydrogens is 444 g/mol. The fourth-order valence-corrected chi connectivity index (χ4v) is 5.33. The van der Waals surface area contributed by atoms with Crippen molar-refractivity contribution in [2.75, 3.05) is 36.4 Å². The van der Waals surface area contributed by atoms with Crippen LogP contribution in [0.5, 0.6) is 0 Å². The Bertz CT molecular complexity index is 1250. The van der Waals surface area contributed by atoms with Crippen LogP contribution in [0.4, 0.5) is 17.1 Å². The number of nitrogens with one attached hydrogen (secondary N) is 1. The van der Waals surface area contributed by atoms with E-state index in [0.29, 0.717) is 49.1 Å². The zero-order valence-corrected chi connectivity index (χ0v) is 19.3. The summed E-state index contributed by atoms with van der Waals surface area (Å²) in [5.74, 6) is 0.667. The maximum Gasteiger partial charge on any atom is 0.292 e. The second kappa shape index (κ2) is 9.24. The van der Waals surface area contributed by atoms with Crippen LogP contribution >= 0.6 is 0 Å². The van der Waals surface area contributed by atoms with Gasteiger partial charge in [-0.3, -0.25) is 10.1 Å². The third-order valence-corrected chi connectivity index (χ3v) is 7.82. The largest absolute Gasteiger partial charge is 0.467 e. The smallest absolute Gasteiger partial charge is 0.292 e. The Morgan fingerprint density at radius 3 is 2.42 bits per heavy atom. The number of benzene rings is 2. The minimum absolute atomic E-state index is 0.0266. The van der Waals surface area contributed by atoms with Gasteiger partial charge < -0.3 is 14.6 Å². The fourth-order valence-electron chi connectivity index (χ4n) is 3.83. The van der Waals surface area contributed by atoms with Crippen LogP contribution in [0.3, 0.4) is 0 Å². The molecule has 0 saturated carbocycles. The molecule has 0 atom stereocenters. The highest BCUT2D eigenvalue weighted by Gasteiger charge is 2.29. The summed E-state index contributed by atoms with van der Waals surface area (Å²) in [6.45, 7) is 5.81. The van der Waals surface area contributed by atoms with E-state index in [0.717, 1.165) is 16.8 Å². The Morgan fingerprint density at radius 2 is 1.79 bits per heavy atom. The van der Waals surface area contributed by atoms with E-state index in [1.54, 1.807) is 42.7 Å². The molecule has 1 aromatic heterocycles. The van der Waals surface area contributed by atoms with E-state index in [9.17, 15) is 18.5 Å². The van der Waals surface area contributed by atoms with Gasteiger partial charge in [-0.05, 0) is 61.4 Å². The molecule has 174 valence electrons. The van der Waals surface area contributed by atoms with Gasteiger partial charge in [-0.2, -0.15) is 4.31 Å². The first-order valence-electron chi connectivity index (χ1n) is 10.6. The lowest BCUT2D eigenvalue weighted by Gasteiger charge is -2.35. The zero-order chi connectivity index (χ0) is 23.6. The molecule has 33 heavy (non-hydrogen) atoms. The summed E-state index contributed by atoms with van der Waals surface area (Å²) in [6.07, 6.45) is 1.55. The van der Waals surface area contributed by atoms with Gasteiger partial charge >= 0.3 is 0 Å². The average Bonchev–Trinajstić information content (AvgIpc) is 3.33. The van der Waals surface area contributed by atoms with Crippen molar-refractivity contribution in [1.82, 2.24) is 4.31 Å². The Morgan fingerprint density at radius 1 is 1.03 bits per heavy atom. The SMILES string of the molecule is Cc1ccc(S(=O)(=O)N2CCN(c3ccc([N+](=O)[O-])c(NCc4ccco4)c3)CC2)cc1C. The normalized spacial score (nSPS) is 14.9. The molecule has 0 spiro atoms. The predicted octanol–water partition coefficient (Wildman–Crippen LogP) is 3.93. The van der Waals surface area contributed by atoms with E-state index in [4.69, 9.17) is 4.42 Å². The quantitative estimate of drug-likeness (QED) is 0.412. The molecule has 2 aromatic carbocycles. The molecule has 2 heterocycles. The highest BCUT2D eigenvalue weighted by Crippen LogP contribution is 2.31. The molecule has 0 bridgehead atoms. The number of nitro groups is 1. The van der Waals surface area contributed by atoms with Gasteiger partial charge in [0, 0.05) is 37.9 Å². The Hall–Kier alpha value is -3.37. The highest BCUT2D eigenvalue weighted by atomic mass is 32.2. The van der Waals surface area contributed by atoms with Gasteiger partial charge in [0.15, 0.2) is 0 Å². The van der Waals surface area contributed by atoms with Crippen LogP contribution < -0.4 is 10.2 Å². The molecule has 0 aliphatic carbocycles. The lowest BCUT2D eigenvalue weighted by molar-refractivity contribution is -0.384. The molecule has 0 radical (unpaired) electrons. The number of sulfonamides is 1. The van der Waals surface area contributed by atoms with Crippen molar-refractivity contribution in [1.29, 1.82) is 0 Å². The van der Waals surface area contributed by atoms with Crippen molar-refractivity contribution in [3.63, 3.8) is 0 Å². The minimum atomic E-state index is -3.57. The number of nitro benzene ring substituents is 1. The third kappa shape index (κ3) is 4.86. The monoisotopic (exact) mass is 470 g/mol. The molecular formula is C23H26N4O5S. The van der Waals surface area contributed by atoms with E-state index in [2.05, 4.69) is 5.32 Å². The number of piperazine rings is 1. The first-order valence-corrected chi connectivity index (χ1v) is 12.1. The second-order valence-corrected chi connectivity index (χ2v) is 9.97. The summed E-state index contributed by atoms with van der Waals surface area (Å²) >= 11 is 0. The molecule has 1 N–H and O–H groups in total. The van der Waals surface area contributed by atoms with Crippen LogP contribution in [0.2, 0.25) is 0 Å². The average molecular weight is 471 g/mol. The van der Waals surface area contributed by atoms with Gasteiger partial charge in [0.2, 0.25) is 10.0 Å². The summed E-state index contributed by atoms with van der Waals surface area (Å²) in [7, 11) is -3.57. The van der Waals surface area contributed by atoms with Crippen LogP contribution in [0, 0.1) is 24.0 Å². The molecule has 3 aromatic rings. The zero-order valence-electron chi connectivity index (χ0n) is 18.5. The summed E-state index contributed by atoms with van der Waals surface area (Å²) in [4.78, 5) is 13.4. The van der Waals surface area contributed by atoms with Crippen molar-refractivity contribution >= 4 is 27.1 Å². The molecule has 4 rings (SSSR count). The second-order valence-electron chi connectivity index (χ2n) is 8.03. The van der Waals surface area contributed by atoms with Crippen LogP contribution in [-0.2, 0) is 16.6 Å². The fraction of sp³-hybridized carbons (Fsp3) is 0.304. The van der Waals surface area contributed by atoms with E-state index >= 15 is 0 Å². The van der Waals surface area contributed by atoms with Crippen LogP contribution in [0.1, 0.15) is 16.9 Å². The number of anilines is 2. The van der Waals surface area contributed by atoms with Crippen LogP contribution in [0.15, 0.2) is 64.1 Å². The number of hydrogen-bond acceptors (Lipinski definition) is 7. The van der Waals surface area contributed by atoms with Gasteiger partial charge in [0.25, 0.3) is 5.69 Å². The first kappa shape index (κ1) is 22.8. The topological polar surface area (TPSA) is 109 Å². The van der Waals surface area contributed by atoms with E-state index in [-0.39, 0.29) is 5.69 Å². The number of hydrogen-bond donors (Lipinski definition) is 1. The van der Waals surface area contributed by atoms with Gasteiger partial charge in [-0.1, -0.05) is 6.07 Å². The van der Waals surface area contributed by atoms with Gasteiger partial charge in [0.1, 0.15) is 11.4 Å². The van der Waals surface area contributed by atoms with Crippen LogP contribution in [-0.4, -0.2) is 43.8 Å². The van der Waals surface area contributed by atoms with Crippen molar-refractivity contribution in [3.05, 3.63) is 81.8 Å². The summed E-state index contributed by atoms with van der Waals surface area (Å²) < 4.78 is 32.9. The minimum Gasteiger partial charge on any atom is -0.467 e. The van der Waals surface area contributed by atoms with Gasteiger partial charge in [-0.15, -0.1) is 0 Å². The molecule has 1 aliphatic heterocycles. The maximum absolute atomic E-state index is 13.1. The summed E-state index contributed by atoms with van der Waals surface area (Å²) in [6, 6.07) is 13.6. The lowest BCUT2D eigenvalue weighted by atomic mass is 10.1. The highest BCUT2D eigenvalue weighted by molar-refractivity contribution is 7.89. The summed E-state index contributed by atoms with van der Waals surface area (Å²) in [5.41, 5.74) is 3.15. The first-order chi connectivity index (χ1) is 15.8. The van der Waals surface area contributed by atoms with Crippen molar-refractivity contribution in [2.45, 2.75) is 25.3 Å². The Labute approximate surface area is 192 Å². The Kier molecular flexibility index (Phi) is 6.39. The lowest BCUT2D eigenvalue weighted by Crippen LogP contribution is -2.48.